The van der Waals surface area contributed by atoms with Gasteiger partial charge >= 0.3 is 5.97 Å². The van der Waals surface area contributed by atoms with E-state index >= 15 is 0 Å². The SMILES string of the molecule is CCC(CNc1ccc(C(C)=O)cc1)C(=O)OC. The Bertz CT molecular complexity index is 412. The summed E-state index contributed by atoms with van der Waals surface area (Å²) in [6, 6.07) is 7.20. The van der Waals surface area contributed by atoms with E-state index in [1.807, 2.05) is 19.1 Å². The molecule has 0 saturated carbocycles. The van der Waals surface area contributed by atoms with Crippen LogP contribution in [0.4, 0.5) is 5.69 Å². The summed E-state index contributed by atoms with van der Waals surface area (Å²) in [7, 11) is 1.40. The maximum atomic E-state index is 11.4. The minimum absolute atomic E-state index is 0.0440. The van der Waals surface area contributed by atoms with E-state index in [0.29, 0.717) is 12.1 Å². The Kier molecular flexibility index (Phi) is 5.36. The number of methoxy groups -OCH3 is 1. The number of anilines is 1. The van der Waals surface area contributed by atoms with Crippen LogP contribution in [0.1, 0.15) is 30.6 Å². The van der Waals surface area contributed by atoms with Crippen molar-refractivity contribution in [3.8, 4) is 0 Å². The quantitative estimate of drug-likeness (QED) is 0.621. The lowest BCUT2D eigenvalue weighted by atomic mass is 10.1. The van der Waals surface area contributed by atoms with Crippen molar-refractivity contribution in [2.45, 2.75) is 20.3 Å². The predicted molar refractivity (Wildman–Crippen MR) is 70.7 cm³/mol. The molecule has 0 aliphatic heterocycles. The van der Waals surface area contributed by atoms with Gasteiger partial charge in [0, 0.05) is 17.8 Å². The molecule has 0 bridgehead atoms. The average Bonchev–Trinajstić information content (AvgIpc) is 2.39. The van der Waals surface area contributed by atoms with Gasteiger partial charge in [0.2, 0.25) is 0 Å². The van der Waals surface area contributed by atoms with Gasteiger partial charge < -0.3 is 10.1 Å². The lowest BCUT2D eigenvalue weighted by Crippen LogP contribution is -2.23. The molecule has 18 heavy (non-hydrogen) atoms. The lowest BCUT2D eigenvalue weighted by molar-refractivity contribution is -0.145. The van der Waals surface area contributed by atoms with Crippen LogP contribution in [-0.4, -0.2) is 25.4 Å². The molecule has 0 heterocycles. The van der Waals surface area contributed by atoms with Crippen LogP contribution in [0.3, 0.4) is 0 Å². The summed E-state index contributed by atoms with van der Waals surface area (Å²) in [5.74, 6) is -0.310. The fourth-order valence-electron chi connectivity index (χ4n) is 1.62. The van der Waals surface area contributed by atoms with Gasteiger partial charge in [-0.1, -0.05) is 6.92 Å². The van der Waals surface area contributed by atoms with E-state index in [0.717, 1.165) is 12.1 Å². The molecular formula is C14H19NO3. The summed E-state index contributed by atoms with van der Waals surface area (Å²) in [5, 5.41) is 3.16. The molecule has 0 fully saturated rings. The molecule has 1 unspecified atom stereocenters. The molecule has 1 aromatic carbocycles. The maximum Gasteiger partial charge on any atom is 0.310 e. The fourth-order valence-corrected chi connectivity index (χ4v) is 1.62. The van der Waals surface area contributed by atoms with E-state index in [2.05, 4.69) is 5.32 Å². The molecule has 0 spiro atoms. The lowest BCUT2D eigenvalue weighted by Gasteiger charge is -2.14. The number of benzene rings is 1. The van der Waals surface area contributed by atoms with Crippen LogP contribution in [-0.2, 0) is 9.53 Å². The second-order valence-electron chi connectivity index (χ2n) is 4.14. The molecular weight excluding hydrogens is 230 g/mol. The second kappa shape index (κ2) is 6.79. The number of hydrogen-bond acceptors (Lipinski definition) is 4. The van der Waals surface area contributed by atoms with Crippen molar-refractivity contribution in [2.24, 2.45) is 5.92 Å². The van der Waals surface area contributed by atoms with Crippen molar-refractivity contribution < 1.29 is 14.3 Å². The number of ether oxygens (including phenoxy) is 1. The van der Waals surface area contributed by atoms with Crippen molar-refractivity contribution in [3.63, 3.8) is 0 Å². The highest BCUT2D eigenvalue weighted by Crippen LogP contribution is 2.12. The monoisotopic (exact) mass is 249 g/mol. The van der Waals surface area contributed by atoms with Gasteiger partial charge in [0.15, 0.2) is 5.78 Å². The van der Waals surface area contributed by atoms with Gasteiger partial charge in [-0.15, -0.1) is 0 Å². The van der Waals surface area contributed by atoms with Crippen LogP contribution < -0.4 is 5.32 Å². The molecule has 4 heteroatoms. The van der Waals surface area contributed by atoms with Crippen LogP contribution in [0.5, 0.6) is 0 Å². The highest BCUT2D eigenvalue weighted by Gasteiger charge is 2.16. The summed E-state index contributed by atoms with van der Waals surface area (Å²) in [4.78, 5) is 22.5. The van der Waals surface area contributed by atoms with Gasteiger partial charge in [0.25, 0.3) is 0 Å². The van der Waals surface area contributed by atoms with Crippen molar-refractivity contribution in [1.29, 1.82) is 0 Å². The number of carbonyl (C=O) groups is 2. The number of nitrogens with one attached hydrogen (secondary N) is 1. The molecule has 0 aromatic heterocycles. The zero-order chi connectivity index (χ0) is 13.5. The fraction of sp³-hybridized carbons (Fsp3) is 0.429. The van der Waals surface area contributed by atoms with Crippen LogP contribution >= 0.6 is 0 Å². The third-order valence-electron chi connectivity index (χ3n) is 2.87. The molecule has 98 valence electrons. The summed E-state index contributed by atoms with van der Waals surface area (Å²) in [5.41, 5.74) is 1.57. The molecule has 1 N–H and O–H groups in total. The van der Waals surface area contributed by atoms with Gasteiger partial charge in [-0.05, 0) is 37.6 Å². The minimum atomic E-state index is -0.203. The van der Waals surface area contributed by atoms with Gasteiger partial charge in [-0.2, -0.15) is 0 Å². The third kappa shape index (κ3) is 3.87. The van der Waals surface area contributed by atoms with E-state index in [4.69, 9.17) is 4.74 Å². The van der Waals surface area contributed by atoms with Gasteiger partial charge in [-0.25, -0.2) is 0 Å². The Balaban J connectivity index is 2.57. The first kappa shape index (κ1) is 14.2. The van der Waals surface area contributed by atoms with Gasteiger partial charge in [0.05, 0.1) is 13.0 Å². The largest absolute Gasteiger partial charge is 0.469 e. The number of hydrogen-bond donors (Lipinski definition) is 1. The zero-order valence-corrected chi connectivity index (χ0v) is 11.0. The first-order valence-electron chi connectivity index (χ1n) is 6.01. The summed E-state index contributed by atoms with van der Waals surface area (Å²) >= 11 is 0. The van der Waals surface area contributed by atoms with Crippen LogP contribution in [0, 0.1) is 5.92 Å². The average molecular weight is 249 g/mol. The number of rotatable bonds is 6. The van der Waals surface area contributed by atoms with E-state index < -0.39 is 0 Å². The first-order valence-corrected chi connectivity index (χ1v) is 6.01. The molecule has 1 atom stereocenters. The van der Waals surface area contributed by atoms with Crippen LogP contribution in [0.25, 0.3) is 0 Å². The molecule has 0 saturated heterocycles. The Morgan fingerprint density at radius 2 is 1.89 bits per heavy atom. The second-order valence-corrected chi connectivity index (χ2v) is 4.14. The van der Waals surface area contributed by atoms with Crippen LogP contribution in [0.15, 0.2) is 24.3 Å². The number of ketones is 1. The van der Waals surface area contributed by atoms with E-state index in [1.54, 1.807) is 12.1 Å². The number of esters is 1. The number of carbonyl (C=O) groups excluding carboxylic acids is 2. The molecule has 0 aliphatic carbocycles. The third-order valence-corrected chi connectivity index (χ3v) is 2.87. The van der Waals surface area contributed by atoms with Crippen molar-refractivity contribution >= 4 is 17.4 Å². The van der Waals surface area contributed by atoms with E-state index in [9.17, 15) is 9.59 Å². The highest BCUT2D eigenvalue weighted by molar-refractivity contribution is 5.94. The Morgan fingerprint density at radius 1 is 1.28 bits per heavy atom. The maximum absolute atomic E-state index is 11.4. The van der Waals surface area contributed by atoms with Gasteiger partial charge in [-0.3, -0.25) is 9.59 Å². The first-order chi connectivity index (χ1) is 8.58. The molecule has 4 nitrogen and oxygen atoms in total. The minimum Gasteiger partial charge on any atom is -0.469 e. The Labute approximate surface area is 107 Å². The van der Waals surface area contributed by atoms with Gasteiger partial charge in [0.1, 0.15) is 0 Å². The molecule has 0 amide bonds. The molecule has 0 radical (unpaired) electrons. The van der Waals surface area contributed by atoms with Crippen molar-refractivity contribution in [1.82, 2.24) is 0 Å². The topological polar surface area (TPSA) is 55.4 Å². The summed E-state index contributed by atoms with van der Waals surface area (Å²) < 4.78 is 4.72. The Hall–Kier alpha value is -1.84. The summed E-state index contributed by atoms with van der Waals surface area (Å²) in [6.45, 7) is 4.01. The Morgan fingerprint density at radius 3 is 2.33 bits per heavy atom. The normalized spacial score (nSPS) is 11.7. The smallest absolute Gasteiger partial charge is 0.310 e. The van der Waals surface area contributed by atoms with E-state index in [1.165, 1.54) is 14.0 Å². The van der Waals surface area contributed by atoms with Crippen LogP contribution in [0.2, 0.25) is 0 Å². The standard InChI is InChI=1S/C14H19NO3/c1-4-11(14(17)18-3)9-15-13-7-5-12(6-8-13)10(2)16/h5-8,11,15H,4,9H2,1-3H3. The van der Waals surface area contributed by atoms with Crippen molar-refractivity contribution in [3.05, 3.63) is 29.8 Å². The summed E-state index contributed by atoms with van der Waals surface area (Å²) in [6.07, 6.45) is 0.727. The van der Waals surface area contributed by atoms with E-state index in [-0.39, 0.29) is 17.7 Å². The number of Topliss-reactive ketones (excluding diaryl/α,β-unsaturated/α-hetero) is 1. The predicted octanol–water partition coefficient (Wildman–Crippen LogP) is 2.50. The molecule has 0 aliphatic rings. The van der Waals surface area contributed by atoms with Crippen molar-refractivity contribution in [2.75, 3.05) is 19.0 Å². The molecule has 1 rings (SSSR count). The molecule has 1 aromatic rings. The highest BCUT2D eigenvalue weighted by atomic mass is 16.5. The zero-order valence-electron chi connectivity index (χ0n) is 11.0.